The lowest BCUT2D eigenvalue weighted by atomic mass is 10.2. The number of hydrogen-bond acceptors (Lipinski definition) is 5. The summed E-state index contributed by atoms with van der Waals surface area (Å²) in [6.45, 7) is 0.753. The number of nitrogens with one attached hydrogen (secondary N) is 1. The predicted octanol–water partition coefficient (Wildman–Crippen LogP) is 0.649. The van der Waals surface area contributed by atoms with Crippen LogP contribution in [0.5, 0.6) is 11.5 Å². The van der Waals surface area contributed by atoms with Crippen LogP contribution in [0, 0.1) is 0 Å². The first-order valence-electron chi connectivity index (χ1n) is 5.73. The molecule has 0 heterocycles. The van der Waals surface area contributed by atoms with Crippen molar-refractivity contribution < 1.29 is 23.8 Å². The van der Waals surface area contributed by atoms with Crippen molar-refractivity contribution in [2.45, 2.75) is 0 Å². The monoisotopic (exact) mass is 267 g/mol. The molecule has 0 aliphatic carbocycles. The SMILES string of the molecule is COCCNC(=O)COc1ccc(C=O)cc1OC. The number of ether oxygens (including phenoxy) is 3. The Kier molecular flexibility index (Phi) is 6.38. The molecule has 0 aromatic heterocycles. The number of benzene rings is 1. The smallest absolute Gasteiger partial charge is 0.258 e. The lowest BCUT2D eigenvalue weighted by molar-refractivity contribution is -0.123. The Hall–Kier alpha value is -2.08. The second-order valence-electron chi connectivity index (χ2n) is 3.66. The minimum Gasteiger partial charge on any atom is -0.493 e. The van der Waals surface area contributed by atoms with Gasteiger partial charge in [-0.3, -0.25) is 9.59 Å². The lowest BCUT2D eigenvalue weighted by Crippen LogP contribution is -2.31. The molecule has 6 heteroatoms. The molecule has 0 saturated heterocycles. The van der Waals surface area contributed by atoms with Crippen LogP contribution in [0.25, 0.3) is 0 Å². The highest BCUT2D eigenvalue weighted by atomic mass is 16.5. The maximum atomic E-state index is 11.4. The zero-order chi connectivity index (χ0) is 14.1. The third-order valence-corrected chi connectivity index (χ3v) is 2.31. The molecule has 0 saturated carbocycles. The summed E-state index contributed by atoms with van der Waals surface area (Å²) < 4.78 is 15.2. The third kappa shape index (κ3) is 4.97. The van der Waals surface area contributed by atoms with Crippen molar-refractivity contribution in [3.8, 4) is 11.5 Å². The standard InChI is InChI=1S/C13H17NO5/c1-17-6-5-14-13(16)9-19-11-4-3-10(8-15)7-12(11)18-2/h3-4,7-8H,5-6,9H2,1-2H3,(H,14,16). The van der Waals surface area contributed by atoms with Crippen LogP contribution in [0.3, 0.4) is 0 Å². The Bertz CT molecular complexity index is 433. The number of rotatable bonds is 8. The topological polar surface area (TPSA) is 73.9 Å². The van der Waals surface area contributed by atoms with Crippen LogP contribution in [0.15, 0.2) is 18.2 Å². The number of aldehydes is 1. The molecule has 0 bridgehead atoms. The van der Waals surface area contributed by atoms with E-state index in [0.29, 0.717) is 36.5 Å². The number of hydrogen-bond donors (Lipinski definition) is 1. The Morgan fingerprint density at radius 2 is 2.11 bits per heavy atom. The van der Waals surface area contributed by atoms with Gasteiger partial charge < -0.3 is 19.5 Å². The van der Waals surface area contributed by atoms with E-state index in [-0.39, 0.29) is 12.5 Å². The van der Waals surface area contributed by atoms with E-state index in [1.807, 2.05) is 0 Å². The second kappa shape index (κ2) is 8.10. The predicted molar refractivity (Wildman–Crippen MR) is 68.8 cm³/mol. The van der Waals surface area contributed by atoms with Crippen LogP contribution < -0.4 is 14.8 Å². The fraction of sp³-hybridized carbons (Fsp3) is 0.385. The van der Waals surface area contributed by atoms with E-state index in [1.165, 1.54) is 7.11 Å². The second-order valence-corrected chi connectivity index (χ2v) is 3.66. The fourth-order valence-corrected chi connectivity index (χ4v) is 1.36. The minimum absolute atomic E-state index is 0.124. The molecule has 104 valence electrons. The lowest BCUT2D eigenvalue weighted by Gasteiger charge is -2.11. The van der Waals surface area contributed by atoms with Crippen molar-refractivity contribution in [3.63, 3.8) is 0 Å². The van der Waals surface area contributed by atoms with E-state index in [4.69, 9.17) is 14.2 Å². The number of carbonyl (C=O) groups is 2. The fourth-order valence-electron chi connectivity index (χ4n) is 1.36. The molecule has 1 amide bonds. The van der Waals surface area contributed by atoms with Gasteiger partial charge in [-0.05, 0) is 18.2 Å². The van der Waals surface area contributed by atoms with Crippen LogP contribution in [0.1, 0.15) is 10.4 Å². The molecule has 19 heavy (non-hydrogen) atoms. The molecule has 0 radical (unpaired) electrons. The quantitative estimate of drug-likeness (QED) is 0.553. The summed E-state index contributed by atoms with van der Waals surface area (Å²) >= 11 is 0. The van der Waals surface area contributed by atoms with Gasteiger partial charge in [0.2, 0.25) is 0 Å². The van der Waals surface area contributed by atoms with Gasteiger partial charge in [-0.2, -0.15) is 0 Å². The Morgan fingerprint density at radius 3 is 2.74 bits per heavy atom. The van der Waals surface area contributed by atoms with Crippen molar-refractivity contribution in [1.82, 2.24) is 5.32 Å². The molecule has 0 spiro atoms. The Labute approximate surface area is 111 Å². The molecule has 0 aliphatic heterocycles. The van der Waals surface area contributed by atoms with Crippen molar-refractivity contribution >= 4 is 12.2 Å². The van der Waals surface area contributed by atoms with E-state index in [1.54, 1.807) is 25.3 Å². The minimum atomic E-state index is -0.251. The largest absolute Gasteiger partial charge is 0.493 e. The molecule has 0 aliphatic rings. The molecular formula is C13H17NO5. The van der Waals surface area contributed by atoms with E-state index in [0.717, 1.165) is 0 Å². The van der Waals surface area contributed by atoms with Gasteiger partial charge in [0.1, 0.15) is 6.29 Å². The maximum absolute atomic E-state index is 11.4. The first kappa shape index (κ1) is 15.0. The molecule has 0 unspecified atom stereocenters. The van der Waals surface area contributed by atoms with Crippen molar-refractivity contribution in [3.05, 3.63) is 23.8 Å². The molecule has 1 aromatic carbocycles. The average Bonchev–Trinajstić information content (AvgIpc) is 2.45. The molecular weight excluding hydrogens is 250 g/mol. The summed E-state index contributed by atoms with van der Waals surface area (Å²) in [5.74, 6) is 0.572. The van der Waals surface area contributed by atoms with Crippen LogP contribution in [0.4, 0.5) is 0 Å². The van der Waals surface area contributed by atoms with Crippen LogP contribution in [-0.4, -0.2) is 46.2 Å². The van der Waals surface area contributed by atoms with E-state index in [2.05, 4.69) is 5.32 Å². The van der Waals surface area contributed by atoms with Crippen LogP contribution in [-0.2, 0) is 9.53 Å². The zero-order valence-corrected chi connectivity index (χ0v) is 11.0. The van der Waals surface area contributed by atoms with Crippen LogP contribution in [0.2, 0.25) is 0 Å². The third-order valence-electron chi connectivity index (χ3n) is 2.31. The molecule has 0 atom stereocenters. The van der Waals surface area contributed by atoms with Crippen molar-refractivity contribution in [2.24, 2.45) is 0 Å². The van der Waals surface area contributed by atoms with Gasteiger partial charge in [0.05, 0.1) is 13.7 Å². The van der Waals surface area contributed by atoms with E-state index in [9.17, 15) is 9.59 Å². The Morgan fingerprint density at radius 1 is 1.32 bits per heavy atom. The normalized spacial score (nSPS) is 9.79. The highest BCUT2D eigenvalue weighted by Gasteiger charge is 2.08. The maximum Gasteiger partial charge on any atom is 0.258 e. The van der Waals surface area contributed by atoms with Gasteiger partial charge >= 0.3 is 0 Å². The number of methoxy groups -OCH3 is 2. The summed E-state index contributed by atoms with van der Waals surface area (Å²) in [5, 5.41) is 2.63. The van der Waals surface area contributed by atoms with Gasteiger partial charge in [-0.1, -0.05) is 0 Å². The van der Waals surface area contributed by atoms with E-state index >= 15 is 0 Å². The van der Waals surface area contributed by atoms with Crippen molar-refractivity contribution in [1.29, 1.82) is 0 Å². The molecule has 6 nitrogen and oxygen atoms in total. The van der Waals surface area contributed by atoms with Gasteiger partial charge in [-0.25, -0.2) is 0 Å². The summed E-state index contributed by atoms with van der Waals surface area (Å²) in [6.07, 6.45) is 0.712. The summed E-state index contributed by atoms with van der Waals surface area (Å²) in [6, 6.07) is 4.73. The van der Waals surface area contributed by atoms with E-state index < -0.39 is 0 Å². The van der Waals surface area contributed by atoms with Crippen LogP contribution >= 0.6 is 0 Å². The molecule has 1 rings (SSSR count). The highest BCUT2D eigenvalue weighted by Crippen LogP contribution is 2.27. The zero-order valence-electron chi connectivity index (χ0n) is 11.0. The molecule has 0 fully saturated rings. The molecule has 1 N–H and O–H groups in total. The number of amides is 1. The summed E-state index contributed by atoms with van der Waals surface area (Å²) in [5.41, 5.74) is 0.480. The van der Waals surface area contributed by atoms with Gasteiger partial charge in [-0.15, -0.1) is 0 Å². The van der Waals surface area contributed by atoms with Gasteiger partial charge in [0.25, 0.3) is 5.91 Å². The Balaban J connectivity index is 2.52. The van der Waals surface area contributed by atoms with Crippen molar-refractivity contribution in [2.75, 3.05) is 34.0 Å². The first-order valence-corrected chi connectivity index (χ1v) is 5.73. The summed E-state index contributed by atoms with van der Waals surface area (Å²) in [4.78, 5) is 22.1. The molecule has 1 aromatic rings. The highest BCUT2D eigenvalue weighted by molar-refractivity contribution is 5.78. The summed E-state index contributed by atoms with van der Waals surface area (Å²) in [7, 11) is 3.03. The van der Waals surface area contributed by atoms with Gasteiger partial charge in [0.15, 0.2) is 18.1 Å². The first-order chi connectivity index (χ1) is 9.21. The average molecular weight is 267 g/mol. The number of carbonyl (C=O) groups excluding carboxylic acids is 2. The van der Waals surface area contributed by atoms with Gasteiger partial charge in [0, 0.05) is 19.2 Å².